The van der Waals surface area contributed by atoms with Crippen molar-refractivity contribution in [3.63, 3.8) is 0 Å². The van der Waals surface area contributed by atoms with Gasteiger partial charge in [0.1, 0.15) is 11.8 Å². The van der Waals surface area contributed by atoms with Crippen LogP contribution in [0.25, 0.3) is 0 Å². The molecule has 0 unspecified atom stereocenters. The van der Waals surface area contributed by atoms with Gasteiger partial charge in [0, 0.05) is 17.4 Å². The molecule has 2 aromatic rings. The molecule has 1 N–H and O–H groups in total. The summed E-state index contributed by atoms with van der Waals surface area (Å²) in [5, 5.41) is 12.0. The molecule has 1 saturated heterocycles. The monoisotopic (exact) mass is 358 g/mol. The number of aliphatic imine (C=N–C) groups is 1. The van der Waals surface area contributed by atoms with E-state index in [0.717, 1.165) is 22.4 Å². The van der Waals surface area contributed by atoms with E-state index < -0.39 is 0 Å². The summed E-state index contributed by atoms with van der Waals surface area (Å²) in [5.74, 6) is -0.290. The Bertz CT molecular complexity index is 1050. The third-order valence-electron chi connectivity index (χ3n) is 4.96. The number of carbonyl (C=O) groups excluding carboxylic acids is 1. The second-order valence-corrected chi connectivity index (χ2v) is 6.71. The predicted octanol–water partition coefficient (Wildman–Crippen LogP) is 3.08. The Balaban J connectivity index is 1.58. The minimum absolute atomic E-state index is 0.290. The van der Waals surface area contributed by atoms with E-state index in [9.17, 15) is 4.79 Å². The fraction of sp³-hybridized carbons (Fsp3) is 0.238. The molecule has 4 rings (SSSR count). The predicted molar refractivity (Wildman–Crippen MR) is 102 cm³/mol. The number of hydrogen-bond acceptors (Lipinski definition) is 5. The number of nitrogens with one attached hydrogen (secondary N) is 1. The van der Waals surface area contributed by atoms with Crippen LogP contribution in [0.2, 0.25) is 0 Å². The van der Waals surface area contributed by atoms with Gasteiger partial charge in [-0.25, -0.2) is 4.98 Å². The van der Waals surface area contributed by atoms with Crippen LogP contribution in [0.4, 0.5) is 5.69 Å². The number of nitrogens with zero attached hydrogens (tertiary/aromatic N) is 3. The van der Waals surface area contributed by atoms with Gasteiger partial charge in [0.05, 0.1) is 31.0 Å². The summed E-state index contributed by atoms with van der Waals surface area (Å²) >= 11 is 0. The maximum absolute atomic E-state index is 12.7. The number of allylic oxidation sites excluding steroid dienone is 1. The molecule has 0 aliphatic carbocycles. The summed E-state index contributed by atoms with van der Waals surface area (Å²) in [6.07, 6.45) is 3.51. The van der Waals surface area contributed by atoms with Gasteiger partial charge in [-0.2, -0.15) is 5.26 Å². The number of anilines is 1. The van der Waals surface area contributed by atoms with E-state index in [1.54, 1.807) is 6.92 Å². The third kappa shape index (κ3) is 3.14. The second kappa shape index (κ2) is 6.78. The lowest BCUT2D eigenvalue weighted by molar-refractivity contribution is 0.102. The van der Waals surface area contributed by atoms with Gasteiger partial charge in [0.2, 0.25) is 0 Å². The first-order chi connectivity index (χ1) is 13.1. The average Bonchev–Trinajstić information content (AvgIpc) is 3.02. The molecule has 6 heteroatoms. The zero-order valence-corrected chi connectivity index (χ0v) is 15.2. The zero-order valence-electron chi connectivity index (χ0n) is 15.2. The van der Waals surface area contributed by atoms with Crippen molar-refractivity contribution in [1.82, 2.24) is 4.98 Å². The number of fused-ring (bicyclic) bond motifs is 1. The quantitative estimate of drug-likeness (QED) is 0.913. The van der Waals surface area contributed by atoms with Gasteiger partial charge in [-0.05, 0) is 54.3 Å². The summed E-state index contributed by atoms with van der Waals surface area (Å²) in [6, 6.07) is 7.90. The Morgan fingerprint density at radius 1 is 1.30 bits per heavy atom. The highest BCUT2D eigenvalue weighted by Gasteiger charge is 2.19. The average molecular weight is 358 g/mol. The SMILES string of the molecule is Cc1c(C#N)cnc(C(=O)Nc2ccc3c(c2)C(C=C2COC2)=NC3)c1C. The molecule has 1 aromatic heterocycles. The van der Waals surface area contributed by atoms with Gasteiger partial charge in [-0.1, -0.05) is 6.07 Å². The summed E-state index contributed by atoms with van der Waals surface area (Å²) < 4.78 is 5.19. The van der Waals surface area contributed by atoms with Crippen LogP contribution < -0.4 is 5.32 Å². The molecule has 134 valence electrons. The summed E-state index contributed by atoms with van der Waals surface area (Å²) in [6.45, 7) is 5.60. The van der Waals surface area contributed by atoms with E-state index >= 15 is 0 Å². The molecular weight excluding hydrogens is 340 g/mol. The third-order valence-corrected chi connectivity index (χ3v) is 4.96. The van der Waals surface area contributed by atoms with Crippen molar-refractivity contribution in [1.29, 1.82) is 5.26 Å². The number of nitriles is 1. The van der Waals surface area contributed by atoms with E-state index in [1.165, 1.54) is 11.8 Å². The maximum Gasteiger partial charge on any atom is 0.274 e. The van der Waals surface area contributed by atoms with Crippen molar-refractivity contribution in [2.75, 3.05) is 18.5 Å². The van der Waals surface area contributed by atoms with Crippen LogP contribution in [0.3, 0.4) is 0 Å². The summed E-state index contributed by atoms with van der Waals surface area (Å²) in [7, 11) is 0. The largest absolute Gasteiger partial charge is 0.373 e. The van der Waals surface area contributed by atoms with Gasteiger partial charge in [-0.3, -0.25) is 9.79 Å². The van der Waals surface area contributed by atoms with Gasteiger partial charge < -0.3 is 10.1 Å². The normalized spacial score (nSPS) is 14.7. The first kappa shape index (κ1) is 17.1. The molecule has 1 fully saturated rings. The zero-order chi connectivity index (χ0) is 19.0. The Hall–Kier alpha value is -3.30. The standard InChI is InChI=1S/C21H18N4O2/c1-12-13(2)20(24-9-16(12)7-22)21(26)25-17-4-3-15-8-23-19(18(15)6-17)5-14-10-27-11-14/h3-6,9H,8,10-11H2,1-2H3,(H,25,26). The fourth-order valence-corrected chi connectivity index (χ4v) is 3.14. The lowest BCUT2D eigenvalue weighted by Gasteiger charge is -2.17. The lowest BCUT2D eigenvalue weighted by atomic mass is 10.0. The highest BCUT2D eigenvalue weighted by Crippen LogP contribution is 2.25. The molecule has 2 aliphatic rings. The molecule has 0 radical (unpaired) electrons. The molecular formula is C21H18N4O2. The number of aromatic nitrogens is 1. The van der Waals surface area contributed by atoms with Crippen molar-refractivity contribution in [3.8, 4) is 6.07 Å². The number of amides is 1. The molecule has 1 amide bonds. The Morgan fingerprint density at radius 3 is 2.81 bits per heavy atom. The van der Waals surface area contributed by atoms with Gasteiger partial charge in [0.15, 0.2) is 0 Å². The van der Waals surface area contributed by atoms with Gasteiger partial charge in [-0.15, -0.1) is 0 Å². The molecule has 3 heterocycles. The molecule has 0 bridgehead atoms. The first-order valence-corrected chi connectivity index (χ1v) is 8.69. The molecule has 27 heavy (non-hydrogen) atoms. The lowest BCUT2D eigenvalue weighted by Crippen LogP contribution is -2.18. The molecule has 6 nitrogen and oxygen atoms in total. The first-order valence-electron chi connectivity index (χ1n) is 8.69. The second-order valence-electron chi connectivity index (χ2n) is 6.71. The van der Waals surface area contributed by atoms with E-state index in [4.69, 9.17) is 10.00 Å². The highest BCUT2D eigenvalue weighted by atomic mass is 16.5. The summed E-state index contributed by atoms with van der Waals surface area (Å²) in [4.78, 5) is 21.4. The Labute approximate surface area is 157 Å². The van der Waals surface area contributed by atoms with Crippen molar-refractivity contribution >= 4 is 17.3 Å². The van der Waals surface area contributed by atoms with Crippen LogP contribution in [0, 0.1) is 25.2 Å². The van der Waals surface area contributed by atoms with E-state index in [-0.39, 0.29) is 5.91 Å². The van der Waals surface area contributed by atoms with Crippen molar-refractivity contribution in [2.24, 2.45) is 4.99 Å². The van der Waals surface area contributed by atoms with E-state index in [1.807, 2.05) is 25.1 Å². The van der Waals surface area contributed by atoms with Crippen molar-refractivity contribution in [3.05, 3.63) is 69.6 Å². The Morgan fingerprint density at radius 2 is 2.11 bits per heavy atom. The van der Waals surface area contributed by atoms with Crippen LogP contribution in [0.5, 0.6) is 0 Å². The van der Waals surface area contributed by atoms with Gasteiger partial charge in [0.25, 0.3) is 5.91 Å². The maximum atomic E-state index is 12.7. The minimum Gasteiger partial charge on any atom is -0.373 e. The minimum atomic E-state index is -0.290. The summed E-state index contributed by atoms with van der Waals surface area (Å²) in [5.41, 5.74) is 7.33. The van der Waals surface area contributed by atoms with Crippen molar-refractivity contribution < 1.29 is 9.53 Å². The number of ether oxygens (including phenoxy) is 1. The van der Waals surface area contributed by atoms with Crippen LogP contribution in [-0.4, -0.2) is 29.8 Å². The number of rotatable bonds is 3. The fourth-order valence-electron chi connectivity index (χ4n) is 3.14. The van der Waals surface area contributed by atoms with Crippen molar-refractivity contribution in [2.45, 2.75) is 20.4 Å². The van der Waals surface area contributed by atoms with E-state index in [2.05, 4.69) is 27.4 Å². The van der Waals surface area contributed by atoms with Gasteiger partial charge >= 0.3 is 0 Å². The molecule has 0 atom stereocenters. The van der Waals surface area contributed by atoms with Crippen LogP contribution >= 0.6 is 0 Å². The topological polar surface area (TPSA) is 87.4 Å². The van der Waals surface area contributed by atoms with Crippen LogP contribution in [0.15, 0.2) is 41.0 Å². The van der Waals surface area contributed by atoms with E-state index in [0.29, 0.717) is 42.3 Å². The van der Waals surface area contributed by atoms with Crippen LogP contribution in [0.1, 0.15) is 38.3 Å². The Kier molecular flexibility index (Phi) is 4.30. The number of pyridine rings is 1. The molecule has 0 saturated carbocycles. The molecule has 0 spiro atoms. The highest BCUT2D eigenvalue weighted by molar-refractivity contribution is 6.13. The number of hydrogen-bond donors (Lipinski definition) is 1. The molecule has 2 aliphatic heterocycles. The number of carbonyl (C=O) groups is 1. The van der Waals surface area contributed by atoms with Crippen LogP contribution in [-0.2, 0) is 11.3 Å². The smallest absolute Gasteiger partial charge is 0.274 e. The number of benzene rings is 1. The molecule has 1 aromatic carbocycles.